The molecule has 2 rings (SSSR count). The first-order chi connectivity index (χ1) is 7.94. The highest BCUT2D eigenvalue weighted by molar-refractivity contribution is 9.10. The third-order valence-electron chi connectivity index (χ3n) is 2.97. The summed E-state index contributed by atoms with van der Waals surface area (Å²) in [4.78, 5) is 0. The van der Waals surface area contributed by atoms with Crippen LogP contribution in [0.25, 0.3) is 0 Å². The van der Waals surface area contributed by atoms with Crippen LogP contribution in [0.3, 0.4) is 0 Å². The van der Waals surface area contributed by atoms with E-state index < -0.39 is 0 Å². The molecule has 94 valence electrons. The lowest BCUT2D eigenvalue weighted by Crippen LogP contribution is -2.40. The van der Waals surface area contributed by atoms with Crippen molar-refractivity contribution in [1.29, 1.82) is 0 Å². The van der Waals surface area contributed by atoms with Crippen LogP contribution in [0, 0.1) is 5.82 Å². The number of ether oxygens (including phenoxy) is 1. The second kappa shape index (κ2) is 4.58. The molecule has 0 amide bonds. The van der Waals surface area contributed by atoms with E-state index in [4.69, 9.17) is 4.74 Å². The van der Waals surface area contributed by atoms with E-state index in [-0.39, 0.29) is 17.5 Å². The lowest BCUT2D eigenvalue weighted by atomic mass is 9.89. The number of nitrogens with one attached hydrogen (secondary N) is 1. The van der Waals surface area contributed by atoms with Gasteiger partial charge in [0.15, 0.2) is 11.6 Å². The van der Waals surface area contributed by atoms with Gasteiger partial charge in [0.1, 0.15) is 5.60 Å². The Morgan fingerprint density at radius 1 is 1.53 bits per heavy atom. The SMILES string of the molecule is CCNC1CC(C)(C)Oc2c(F)ccc(Br)c21. The molecule has 0 aromatic heterocycles. The molecule has 0 saturated carbocycles. The van der Waals surface area contributed by atoms with Gasteiger partial charge in [0.2, 0.25) is 0 Å². The van der Waals surface area contributed by atoms with Crippen molar-refractivity contribution in [3.8, 4) is 5.75 Å². The first-order valence-corrected chi connectivity index (χ1v) is 6.64. The Morgan fingerprint density at radius 3 is 2.88 bits per heavy atom. The highest BCUT2D eigenvalue weighted by Gasteiger charge is 2.36. The molecule has 1 atom stereocenters. The van der Waals surface area contributed by atoms with Crippen LogP contribution in [0.4, 0.5) is 4.39 Å². The molecule has 2 nitrogen and oxygen atoms in total. The van der Waals surface area contributed by atoms with Crippen molar-refractivity contribution in [2.45, 2.75) is 38.8 Å². The topological polar surface area (TPSA) is 21.3 Å². The van der Waals surface area contributed by atoms with Crippen LogP contribution in [0.1, 0.15) is 38.8 Å². The van der Waals surface area contributed by atoms with Gasteiger partial charge in [0, 0.05) is 22.5 Å². The maximum Gasteiger partial charge on any atom is 0.165 e. The Morgan fingerprint density at radius 2 is 2.24 bits per heavy atom. The van der Waals surface area contributed by atoms with Crippen LogP contribution in [-0.2, 0) is 0 Å². The van der Waals surface area contributed by atoms with Gasteiger partial charge >= 0.3 is 0 Å². The predicted octanol–water partition coefficient (Wildman–Crippen LogP) is 3.80. The molecule has 0 aliphatic carbocycles. The van der Waals surface area contributed by atoms with Gasteiger partial charge < -0.3 is 10.1 Å². The maximum absolute atomic E-state index is 13.8. The van der Waals surface area contributed by atoms with Crippen molar-refractivity contribution in [1.82, 2.24) is 5.32 Å². The average Bonchev–Trinajstić information content (AvgIpc) is 2.22. The second-order valence-corrected chi connectivity index (χ2v) is 5.80. The minimum atomic E-state index is -0.346. The van der Waals surface area contributed by atoms with Gasteiger partial charge in [-0.15, -0.1) is 0 Å². The van der Waals surface area contributed by atoms with E-state index in [9.17, 15) is 4.39 Å². The minimum absolute atomic E-state index is 0.129. The lowest BCUT2D eigenvalue weighted by molar-refractivity contribution is 0.0608. The lowest BCUT2D eigenvalue weighted by Gasteiger charge is -2.38. The standard InChI is InChI=1S/C13H17BrFNO/c1-4-16-10-7-13(2,3)17-12-9(15)6-5-8(14)11(10)12/h5-6,10,16H,4,7H2,1-3H3. The van der Waals surface area contributed by atoms with Gasteiger partial charge in [0.25, 0.3) is 0 Å². The van der Waals surface area contributed by atoms with Crippen molar-refractivity contribution in [2.24, 2.45) is 0 Å². The van der Waals surface area contributed by atoms with Gasteiger partial charge in [-0.05, 0) is 32.5 Å². The van der Waals surface area contributed by atoms with E-state index in [1.807, 2.05) is 13.8 Å². The zero-order chi connectivity index (χ0) is 12.6. The summed E-state index contributed by atoms with van der Waals surface area (Å²) < 4.78 is 20.5. The number of hydrogen-bond donors (Lipinski definition) is 1. The van der Waals surface area contributed by atoms with Crippen LogP contribution in [0.5, 0.6) is 5.75 Å². The average molecular weight is 302 g/mol. The molecule has 17 heavy (non-hydrogen) atoms. The second-order valence-electron chi connectivity index (χ2n) is 4.95. The van der Waals surface area contributed by atoms with Crippen LogP contribution < -0.4 is 10.1 Å². The molecule has 1 aromatic rings. The molecule has 0 saturated heterocycles. The van der Waals surface area contributed by atoms with Gasteiger partial charge in [-0.2, -0.15) is 0 Å². The Labute approximate surface area is 110 Å². The molecular formula is C13H17BrFNO. The molecule has 1 N–H and O–H groups in total. The fourth-order valence-corrected chi connectivity index (χ4v) is 2.90. The summed E-state index contributed by atoms with van der Waals surface area (Å²) in [5.74, 6) is 0.0838. The number of fused-ring (bicyclic) bond motifs is 1. The zero-order valence-electron chi connectivity index (χ0n) is 10.3. The smallest absolute Gasteiger partial charge is 0.165 e. The number of benzene rings is 1. The predicted molar refractivity (Wildman–Crippen MR) is 69.8 cm³/mol. The Bertz CT molecular complexity index is 434. The quantitative estimate of drug-likeness (QED) is 0.897. The first-order valence-electron chi connectivity index (χ1n) is 5.85. The molecule has 0 fully saturated rings. The largest absolute Gasteiger partial charge is 0.484 e. The molecule has 1 heterocycles. The van der Waals surface area contributed by atoms with Crippen LogP contribution >= 0.6 is 15.9 Å². The summed E-state index contributed by atoms with van der Waals surface area (Å²) in [5, 5.41) is 3.39. The summed E-state index contributed by atoms with van der Waals surface area (Å²) >= 11 is 3.48. The molecule has 1 aromatic carbocycles. The molecule has 1 unspecified atom stereocenters. The summed E-state index contributed by atoms with van der Waals surface area (Å²) in [7, 11) is 0. The van der Waals surface area contributed by atoms with Crippen molar-refractivity contribution in [3.05, 3.63) is 28.0 Å². The van der Waals surface area contributed by atoms with Crippen molar-refractivity contribution in [3.63, 3.8) is 0 Å². The van der Waals surface area contributed by atoms with E-state index in [1.54, 1.807) is 6.07 Å². The van der Waals surface area contributed by atoms with Crippen LogP contribution in [0.15, 0.2) is 16.6 Å². The van der Waals surface area contributed by atoms with Gasteiger partial charge in [0.05, 0.1) is 0 Å². The first kappa shape index (κ1) is 12.8. The number of rotatable bonds is 2. The van der Waals surface area contributed by atoms with Crippen molar-refractivity contribution in [2.75, 3.05) is 6.54 Å². The Hall–Kier alpha value is -0.610. The van der Waals surface area contributed by atoms with Crippen LogP contribution in [-0.4, -0.2) is 12.1 Å². The fourth-order valence-electron chi connectivity index (χ4n) is 2.31. The third kappa shape index (κ3) is 2.47. The van der Waals surface area contributed by atoms with Gasteiger partial charge in [-0.1, -0.05) is 22.9 Å². The summed E-state index contributed by atoms with van der Waals surface area (Å²) in [6.07, 6.45) is 0.829. The van der Waals surface area contributed by atoms with E-state index in [0.717, 1.165) is 23.0 Å². The van der Waals surface area contributed by atoms with E-state index in [1.165, 1.54) is 6.07 Å². The molecule has 4 heteroatoms. The molecule has 1 aliphatic rings. The van der Waals surface area contributed by atoms with Gasteiger partial charge in [-0.25, -0.2) is 4.39 Å². The Balaban J connectivity index is 2.52. The molecular weight excluding hydrogens is 285 g/mol. The number of halogens is 2. The number of hydrogen-bond acceptors (Lipinski definition) is 2. The van der Waals surface area contributed by atoms with E-state index in [2.05, 4.69) is 28.2 Å². The molecule has 0 spiro atoms. The normalized spacial score (nSPS) is 21.8. The summed E-state index contributed by atoms with van der Waals surface area (Å²) in [5.41, 5.74) is 0.549. The van der Waals surface area contributed by atoms with Crippen molar-refractivity contribution < 1.29 is 9.13 Å². The maximum atomic E-state index is 13.8. The van der Waals surface area contributed by atoms with E-state index >= 15 is 0 Å². The highest BCUT2D eigenvalue weighted by atomic mass is 79.9. The zero-order valence-corrected chi connectivity index (χ0v) is 11.9. The monoisotopic (exact) mass is 301 g/mol. The molecule has 0 bridgehead atoms. The summed E-state index contributed by atoms with van der Waals surface area (Å²) in [6, 6.07) is 3.30. The third-order valence-corrected chi connectivity index (χ3v) is 3.66. The fraction of sp³-hybridized carbons (Fsp3) is 0.538. The summed E-state index contributed by atoms with van der Waals surface area (Å²) in [6.45, 7) is 6.87. The van der Waals surface area contributed by atoms with Crippen molar-refractivity contribution >= 4 is 15.9 Å². The highest BCUT2D eigenvalue weighted by Crippen LogP contribution is 2.44. The van der Waals surface area contributed by atoms with Crippen LogP contribution in [0.2, 0.25) is 0 Å². The molecule has 0 radical (unpaired) electrons. The Kier molecular flexibility index (Phi) is 3.46. The molecule has 1 aliphatic heterocycles. The van der Waals surface area contributed by atoms with Gasteiger partial charge in [-0.3, -0.25) is 0 Å². The minimum Gasteiger partial charge on any atom is -0.484 e. The van der Waals surface area contributed by atoms with E-state index in [0.29, 0.717) is 5.75 Å².